The minimum absolute atomic E-state index is 0.126. The highest BCUT2D eigenvalue weighted by molar-refractivity contribution is 5.29. The molecule has 0 aliphatic heterocycles. The molecule has 0 bridgehead atoms. The first-order valence-electron chi connectivity index (χ1n) is 3.65. The lowest BCUT2D eigenvalue weighted by molar-refractivity contribution is -0.475. The molecule has 0 saturated carbocycles. The van der Waals surface area contributed by atoms with Crippen LogP contribution in [0.5, 0.6) is 5.75 Å². The molecule has 0 aliphatic rings. The van der Waals surface area contributed by atoms with Gasteiger partial charge in [-0.1, -0.05) is 12.1 Å². The Morgan fingerprint density at radius 3 is 2.36 bits per heavy atom. The molecule has 1 rings (SSSR count). The smallest absolute Gasteiger partial charge is 0.116 e. The van der Waals surface area contributed by atoms with Crippen LogP contribution in [0.3, 0.4) is 0 Å². The second kappa shape index (κ2) is 2.55. The van der Waals surface area contributed by atoms with E-state index in [1.54, 1.807) is 12.1 Å². The van der Waals surface area contributed by atoms with Gasteiger partial charge in [-0.2, -0.15) is 0 Å². The maximum Gasteiger partial charge on any atom is 0.116 e. The average Bonchev–Trinajstić information content (AvgIpc) is 1.86. The SMILES string of the molecule is CC(C)([NH3+])c1cccc(O)c1. The van der Waals surface area contributed by atoms with Crippen LogP contribution >= 0.6 is 0 Å². The molecular weight excluding hydrogens is 138 g/mol. The molecule has 0 unspecified atom stereocenters. The highest BCUT2D eigenvalue weighted by Gasteiger charge is 2.17. The normalized spacial score (nSPS) is 11.5. The minimum atomic E-state index is -0.126. The number of hydrogen-bond acceptors (Lipinski definition) is 1. The molecule has 2 nitrogen and oxygen atoms in total. The fourth-order valence-electron chi connectivity index (χ4n) is 0.927. The van der Waals surface area contributed by atoms with Crippen molar-refractivity contribution in [2.45, 2.75) is 19.4 Å². The van der Waals surface area contributed by atoms with E-state index in [0.29, 0.717) is 5.75 Å². The van der Waals surface area contributed by atoms with Gasteiger partial charge in [-0.3, -0.25) is 0 Å². The average molecular weight is 152 g/mol. The second-order valence-corrected chi connectivity index (χ2v) is 3.43. The van der Waals surface area contributed by atoms with Crippen molar-refractivity contribution in [3.63, 3.8) is 0 Å². The molecule has 60 valence electrons. The van der Waals surface area contributed by atoms with Crippen molar-refractivity contribution in [3.05, 3.63) is 29.8 Å². The Morgan fingerprint density at radius 2 is 2.00 bits per heavy atom. The number of rotatable bonds is 1. The summed E-state index contributed by atoms with van der Waals surface area (Å²) in [6, 6.07) is 7.20. The molecule has 0 aromatic heterocycles. The fourth-order valence-corrected chi connectivity index (χ4v) is 0.927. The molecule has 2 heteroatoms. The molecule has 0 heterocycles. The summed E-state index contributed by atoms with van der Waals surface area (Å²) in [6.07, 6.45) is 0. The van der Waals surface area contributed by atoms with Crippen LogP contribution in [-0.2, 0) is 5.54 Å². The third-order valence-electron chi connectivity index (χ3n) is 1.63. The molecular formula is C9H14NO+. The zero-order chi connectivity index (χ0) is 8.48. The van der Waals surface area contributed by atoms with E-state index in [-0.39, 0.29) is 5.54 Å². The van der Waals surface area contributed by atoms with Crippen molar-refractivity contribution in [2.24, 2.45) is 0 Å². The first-order valence-corrected chi connectivity index (χ1v) is 3.65. The number of aromatic hydroxyl groups is 1. The van der Waals surface area contributed by atoms with E-state index in [2.05, 4.69) is 5.73 Å². The van der Waals surface area contributed by atoms with Gasteiger partial charge in [0.15, 0.2) is 0 Å². The van der Waals surface area contributed by atoms with E-state index >= 15 is 0 Å². The van der Waals surface area contributed by atoms with Crippen LogP contribution in [0, 0.1) is 0 Å². The molecule has 0 aliphatic carbocycles. The van der Waals surface area contributed by atoms with Gasteiger partial charge in [0.2, 0.25) is 0 Å². The number of phenolic OH excluding ortho intramolecular Hbond substituents is 1. The van der Waals surface area contributed by atoms with Crippen molar-refractivity contribution >= 4 is 0 Å². The van der Waals surface area contributed by atoms with Crippen molar-refractivity contribution < 1.29 is 10.8 Å². The molecule has 0 atom stereocenters. The lowest BCUT2D eigenvalue weighted by Gasteiger charge is -2.14. The molecule has 4 N–H and O–H groups in total. The van der Waals surface area contributed by atoms with Crippen molar-refractivity contribution in [3.8, 4) is 5.75 Å². The molecule has 1 aromatic rings. The lowest BCUT2D eigenvalue weighted by atomic mass is 9.96. The number of benzene rings is 1. The number of quaternary nitrogens is 1. The number of phenols is 1. The monoisotopic (exact) mass is 152 g/mol. The quantitative estimate of drug-likeness (QED) is 0.616. The molecule has 0 fully saturated rings. The van der Waals surface area contributed by atoms with Gasteiger partial charge in [0.1, 0.15) is 11.3 Å². The summed E-state index contributed by atoms with van der Waals surface area (Å²) in [7, 11) is 0. The lowest BCUT2D eigenvalue weighted by Crippen LogP contribution is -2.66. The van der Waals surface area contributed by atoms with Crippen molar-refractivity contribution in [1.29, 1.82) is 0 Å². The first-order chi connectivity index (χ1) is 5.00. The first kappa shape index (κ1) is 8.08. The minimum Gasteiger partial charge on any atom is -0.508 e. The summed E-state index contributed by atoms with van der Waals surface area (Å²) in [4.78, 5) is 0. The van der Waals surface area contributed by atoms with Gasteiger partial charge in [-0.05, 0) is 26.0 Å². The van der Waals surface area contributed by atoms with Crippen LogP contribution in [0.25, 0.3) is 0 Å². The molecule has 1 aromatic carbocycles. The summed E-state index contributed by atoms with van der Waals surface area (Å²) >= 11 is 0. The number of hydrogen-bond donors (Lipinski definition) is 2. The largest absolute Gasteiger partial charge is 0.508 e. The zero-order valence-electron chi connectivity index (χ0n) is 6.96. The Labute approximate surface area is 66.7 Å². The van der Waals surface area contributed by atoms with Gasteiger partial charge in [0, 0.05) is 5.56 Å². The molecule has 0 radical (unpaired) electrons. The Balaban J connectivity index is 3.06. The van der Waals surface area contributed by atoms with Crippen LogP contribution in [0.4, 0.5) is 0 Å². The van der Waals surface area contributed by atoms with Crippen LogP contribution < -0.4 is 5.73 Å². The van der Waals surface area contributed by atoms with E-state index < -0.39 is 0 Å². The predicted molar refractivity (Wildman–Crippen MR) is 44.0 cm³/mol. The molecule has 0 spiro atoms. The van der Waals surface area contributed by atoms with E-state index in [0.717, 1.165) is 5.56 Å². The Hall–Kier alpha value is -1.02. The highest BCUT2D eigenvalue weighted by atomic mass is 16.3. The van der Waals surface area contributed by atoms with Crippen LogP contribution in [0.15, 0.2) is 24.3 Å². The van der Waals surface area contributed by atoms with Gasteiger partial charge < -0.3 is 10.8 Å². The zero-order valence-corrected chi connectivity index (χ0v) is 6.96. The molecule has 0 amide bonds. The summed E-state index contributed by atoms with van der Waals surface area (Å²) in [5.74, 6) is 0.305. The van der Waals surface area contributed by atoms with E-state index in [4.69, 9.17) is 5.11 Å². The van der Waals surface area contributed by atoms with E-state index in [1.807, 2.05) is 26.0 Å². The summed E-state index contributed by atoms with van der Waals surface area (Å²) in [5.41, 5.74) is 4.90. The molecule has 0 saturated heterocycles. The highest BCUT2D eigenvalue weighted by Crippen LogP contribution is 2.18. The third-order valence-corrected chi connectivity index (χ3v) is 1.63. The van der Waals surface area contributed by atoms with E-state index in [9.17, 15) is 0 Å². The van der Waals surface area contributed by atoms with Crippen molar-refractivity contribution in [1.82, 2.24) is 0 Å². The van der Waals surface area contributed by atoms with Gasteiger partial charge >= 0.3 is 0 Å². The Kier molecular flexibility index (Phi) is 1.87. The van der Waals surface area contributed by atoms with E-state index in [1.165, 1.54) is 0 Å². The maximum atomic E-state index is 9.15. The Morgan fingerprint density at radius 1 is 1.36 bits per heavy atom. The standard InChI is InChI=1S/C9H13NO/c1-9(2,10)7-4-3-5-8(11)6-7/h3-6,11H,10H2,1-2H3/p+1. The topological polar surface area (TPSA) is 47.9 Å². The summed E-state index contributed by atoms with van der Waals surface area (Å²) in [6.45, 7) is 4.03. The van der Waals surface area contributed by atoms with Gasteiger partial charge in [0.05, 0.1) is 0 Å². The third kappa shape index (κ3) is 1.95. The van der Waals surface area contributed by atoms with Crippen LogP contribution in [0.2, 0.25) is 0 Å². The maximum absolute atomic E-state index is 9.15. The van der Waals surface area contributed by atoms with Crippen molar-refractivity contribution in [2.75, 3.05) is 0 Å². The van der Waals surface area contributed by atoms with Gasteiger partial charge in [-0.15, -0.1) is 0 Å². The van der Waals surface area contributed by atoms with Gasteiger partial charge in [-0.25, -0.2) is 0 Å². The van der Waals surface area contributed by atoms with Crippen LogP contribution in [-0.4, -0.2) is 5.11 Å². The molecule has 11 heavy (non-hydrogen) atoms. The van der Waals surface area contributed by atoms with Gasteiger partial charge in [0.25, 0.3) is 0 Å². The summed E-state index contributed by atoms with van der Waals surface area (Å²) in [5, 5.41) is 9.15. The fraction of sp³-hybridized carbons (Fsp3) is 0.333. The second-order valence-electron chi connectivity index (χ2n) is 3.43. The summed E-state index contributed by atoms with van der Waals surface area (Å²) < 4.78 is 0. The Bertz CT molecular complexity index is 250. The van der Waals surface area contributed by atoms with Crippen LogP contribution in [0.1, 0.15) is 19.4 Å². The predicted octanol–water partition coefficient (Wildman–Crippen LogP) is 0.869.